The summed E-state index contributed by atoms with van der Waals surface area (Å²) in [4.78, 5) is 4.14. The zero-order valence-electron chi connectivity index (χ0n) is 8.24. The Morgan fingerprint density at radius 3 is 3.13 bits per heavy atom. The van der Waals surface area contributed by atoms with Gasteiger partial charge in [0.1, 0.15) is 9.34 Å². The van der Waals surface area contributed by atoms with Gasteiger partial charge in [-0.05, 0) is 0 Å². The smallest absolute Gasteiger partial charge is 0.113 e. The van der Waals surface area contributed by atoms with Gasteiger partial charge in [-0.25, -0.2) is 4.98 Å². The summed E-state index contributed by atoms with van der Waals surface area (Å²) < 4.78 is 0.717. The molecule has 2 unspecified atom stereocenters. The summed E-state index contributed by atoms with van der Waals surface area (Å²) in [6, 6.07) is 0. The van der Waals surface area contributed by atoms with Gasteiger partial charge in [-0.3, -0.25) is 0 Å². The first kappa shape index (κ1) is 11.3. The van der Waals surface area contributed by atoms with Crippen LogP contribution in [0.4, 0.5) is 0 Å². The maximum Gasteiger partial charge on any atom is 0.113 e. The lowest BCUT2D eigenvalue weighted by molar-refractivity contribution is 0.146. The molecule has 1 saturated heterocycles. The molecule has 0 spiro atoms. The van der Waals surface area contributed by atoms with Gasteiger partial charge in [-0.15, -0.1) is 11.3 Å². The summed E-state index contributed by atoms with van der Waals surface area (Å²) in [6.07, 6.45) is 1.44. The molecule has 0 aromatic carbocycles. The fourth-order valence-electron chi connectivity index (χ4n) is 1.66. The number of halogens is 1. The van der Waals surface area contributed by atoms with Crippen LogP contribution >= 0.6 is 22.9 Å². The second-order valence-electron chi connectivity index (χ2n) is 3.67. The highest BCUT2D eigenvalue weighted by Gasteiger charge is 2.24. The second kappa shape index (κ2) is 5.23. The van der Waals surface area contributed by atoms with E-state index in [-0.39, 0.29) is 6.10 Å². The summed E-state index contributed by atoms with van der Waals surface area (Å²) in [5.74, 6) is 0.306. The maximum absolute atomic E-state index is 9.55. The van der Waals surface area contributed by atoms with Crippen molar-refractivity contribution in [2.45, 2.75) is 12.6 Å². The lowest BCUT2D eigenvalue weighted by Gasteiger charge is -2.13. The SMILES string of the molecule is OC1CNCC1CNCc1ncc(Cl)s1. The molecule has 2 atom stereocenters. The molecule has 2 rings (SSSR count). The molecule has 1 aromatic heterocycles. The van der Waals surface area contributed by atoms with Crippen LogP contribution in [0.15, 0.2) is 6.20 Å². The molecule has 0 saturated carbocycles. The molecule has 3 N–H and O–H groups in total. The third kappa shape index (κ3) is 3.12. The van der Waals surface area contributed by atoms with Crippen LogP contribution in [0.3, 0.4) is 0 Å². The van der Waals surface area contributed by atoms with Gasteiger partial charge in [-0.1, -0.05) is 11.6 Å². The fraction of sp³-hybridized carbons (Fsp3) is 0.667. The molecule has 2 heterocycles. The number of nitrogens with one attached hydrogen (secondary N) is 2. The Labute approximate surface area is 97.7 Å². The van der Waals surface area contributed by atoms with Crippen LogP contribution < -0.4 is 10.6 Å². The van der Waals surface area contributed by atoms with E-state index in [1.54, 1.807) is 6.20 Å². The zero-order chi connectivity index (χ0) is 10.7. The molecule has 0 radical (unpaired) electrons. The van der Waals surface area contributed by atoms with E-state index in [0.717, 1.165) is 29.0 Å². The van der Waals surface area contributed by atoms with Gasteiger partial charge in [0, 0.05) is 32.1 Å². The van der Waals surface area contributed by atoms with Gasteiger partial charge in [0.2, 0.25) is 0 Å². The monoisotopic (exact) mass is 247 g/mol. The van der Waals surface area contributed by atoms with Crippen LogP contribution in [0.1, 0.15) is 5.01 Å². The van der Waals surface area contributed by atoms with E-state index in [0.29, 0.717) is 12.5 Å². The number of β-amino-alcohol motifs (C(OH)–C–C–N with tert-alkyl or cyclic N) is 1. The number of aromatic nitrogens is 1. The Morgan fingerprint density at radius 2 is 2.53 bits per heavy atom. The van der Waals surface area contributed by atoms with Crippen LogP contribution in [0.25, 0.3) is 0 Å². The van der Waals surface area contributed by atoms with Crippen molar-refractivity contribution in [2.75, 3.05) is 19.6 Å². The summed E-state index contributed by atoms with van der Waals surface area (Å²) >= 11 is 7.25. The Kier molecular flexibility index (Phi) is 3.93. The molecule has 1 fully saturated rings. The van der Waals surface area contributed by atoms with E-state index < -0.39 is 0 Å². The molecule has 0 bridgehead atoms. The van der Waals surface area contributed by atoms with Crippen LogP contribution in [0.2, 0.25) is 4.34 Å². The van der Waals surface area contributed by atoms with Gasteiger partial charge >= 0.3 is 0 Å². The molecule has 84 valence electrons. The molecule has 1 aromatic rings. The number of rotatable bonds is 4. The first-order chi connectivity index (χ1) is 7.25. The van der Waals surface area contributed by atoms with Gasteiger partial charge in [0.15, 0.2) is 0 Å². The minimum atomic E-state index is -0.225. The van der Waals surface area contributed by atoms with E-state index in [1.165, 1.54) is 11.3 Å². The molecule has 0 amide bonds. The Hall–Kier alpha value is -0.200. The van der Waals surface area contributed by atoms with Crippen molar-refractivity contribution in [1.82, 2.24) is 15.6 Å². The van der Waals surface area contributed by atoms with Crippen LogP contribution in [-0.4, -0.2) is 35.8 Å². The molecule has 4 nitrogen and oxygen atoms in total. The minimum absolute atomic E-state index is 0.225. The van der Waals surface area contributed by atoms with E-state index in [9.17, 15) is 5.11 Å². The van der Waals surface area contributed by atoms with Gasteiger partial charge in [0.05, 0.1) is 12.3 Å². The highest BCUT2D eigenvalue weighted by Crippen LogP contribution is 2.18. The average Bonchev–Trinajstić information content (AvgIpc) is 2.77. The summed E-state index contributed by atoms with van der Waals surface area (Å²) in [5, 5.41) is 17.0. The largest absolute Gasteiger partial charge is 0.391 e. The normalized spacial score (nSPS) is 26.0. The van der Waals surface area contributed by atoms with Gasteiger partial charge < -0.3 is 15.7 Å². The number of aliphatic hydroxyl groups excluding tert-OH is 1. The highest BCUT2D eigenvalue weighted by molar-refractivity contribution is 7.15. The summed E-state index contributed by atoms with van der Waals surface area (Å²) in [6.45, 7) is 3.12. The minimum Gasteiger partial charge on any atom is -0.391 e. The molecule has 15 heavy (non-hydrogen) atoms. The zero-order valence-corrected chi connectivity index (χ0v) is 9.81. The van der Waals surface area contributed by atoms with Crippen molar-refractivity contribution in [3.63, 3.8) is 0 Å². The molecule has 1 aliphatic rings. The second-order valence-corrected chi connectivity index (χ2v) is 5.42. The van der Waals surface area contributed by atoms with Crippen molar-refractivity contribution < 1.29 is 5.11 Å². The van der Waals surface area contributed by atoms with E-state index in [2.05, 4.69) is 15.6 Å². The number of hydrogen-bond donors (Lipinski definition) is 3. The Morgan fingerprint density at radius 1 is 1.67 bits per heavy atom. The van der Waals surface area contributed by atoms with Crippen molar-refractivity contribution >= 4 is 22.9 Å². The predicted molar refractivity (Wildman–Crippen MR) is 61.2 cm³/mol. The Bertz CT molecular complexity index is 320. The molecular weight excluding hydrogens is 234 g/mol. The number of aliphatic hydroxyl groups is 1. The lowest BCUT2D eigenvalue weighted by Crippen LogP contribution is -2.30. The summed E-state index contributed by atoms with van der Waals surface area (Å²) in [7, 11) is 0. The van der Waals surface area contributed by atoms with Crippen LogP contribution in [0, 0.1) is 5.92 Å². The van der Waals surface area contributed by atoms with Crippen LogP contribution in [0.5, 0.6) is 0 Å². The van der Waals surface area contributed by atoms with Crippen molar-refractivity contribution in [1.29, 1.82) is 0 Å². The average molecular weight is 248 g/mol. The summed E-state index contributed by atoms with van der Waals surface area (Å²) in [5.41, 5.74) is 0. The van der Waals surface area contributed by atoms with Crippen molar-refractivity contribution in [3.05, 3.63) is 15.5 Å². The Balaban J connectivity index is 1.70. The fourth-order valence-corrected chi connectivity index (χ4v) is 2.59. The van der Waals surface area contributed by atoms with Gasteiger partial charge in [-0.2, -0.15) is 0 Å². The first-order valence-electron chi connectivity index (χ1n) is 4.95. The predicted octanol–water partition coefficient (Wildman–Crippen LogP) is 0.466. The third-order valence-electron chi connectivity index (χ3n) is 2.51. The molecule has 6 heteroatoms. The number of hydrogen-bond acceptors (Lipinski definition) is 5. The molecule has 1 aliphatic heterocycles. The lowest BCUT2D eigenvalue weighted by atomic mass is 10.1. The molecular formula is C9H14ClN3OS. The van der Waals surface area contributed by atoms with E-state index in [1.807, 2.05) is 0 Å². The quantitative estimate of drug-likeness (QED) is 0.724. The maximum atomic E-state index is 9.55. The van der Waals surface area contributed by atoms with Crippen molar-refractivity contribution in [3.8, 4) is 0 Å². The third-order valence-corrected chi connectivity index (χ3v) is 3.63. The van der Waals surface area contributed by atoms with E-state index in [4.69, 9.17) is 11.6 Å². The molecule has 0 aliphatic carbocycles. The number of nitrogens with zero attached hydrogens (tertiary/aromatic N) is 1. The van der Waals surface area contributed by atoms with Crippen LogP contribution in [-0.2, 0) is 6.54 Å². The number of thiazole rings is 1. The van der Waals surface area contributed by atoms with Crippen molar-refractivity contribution in [2.24, 2.45) is 5.92 Å². The highest BCUT2D eigenvalue weighted by atomic mass is 35.5. The standard InChI is InChI=1S/C9H14ClN3OS/c10-8-4-13-9(15-8)5-12-2-6-1-11-3-7(6)14/h4,6-7,11-12,14H,1-3,5H2. The first-order valence-corrected chi connectivity index (χ1v) is 6.15. The van der Waals surface area contributed by atoms with E-state index >= 15 is 0 Å². The van der Waals surface area contributed by atoms with Gasteiger partial charge in [0.25, 0.3) is 0 Å². The topological polar surface area (TPSA) is 57.2 Å².